The predicted octanol–water partition coefficient (Wildman–Crippen LogP) is 3.64. The smallest absolute Gasteiger partial charge is 0.380 e. The molecule has 19 heavy (non-hydrogen) atoms. The lowest BCUT2D eigenvalue weighted by Crippen LogP contribution is -2.03. The van der Waals surface area contributed by atoms with Gasteiger partial charge in [0.25, 0.3) is 0 Å². The summed E-state index contributed by atoms with van der Waals surface area (Å²) in [5, 5.41) is 6.99. The summed E-state index contributed by atoms with van der Waals surface area (Å²) >= 11 is -0.116. The molecule has 0 aliphatic carbocycles. The Labute approximate surface area is 112 Å². The molecule has 1 aromatic heterocycles. The quantitative estimate of drug-likeness (QED) is 0.871. The molecule has 2 rings (SSSR count). The zero-order chi connectivity index (χ0) is 13.9. The van der Waals surface area contributed by atoms with Crippen LogP contribution in [0.25, 0.3) is 0 Å². The van der Waals surface area contributed by atoms with E-state index >= 15 is 0 Å². The Kier molecular flexibility index (Phi) is 4.04. The second kappa shape index (κ2) is 5.56. The Morgan fingerprint density at radius 1 is 1.32 bits per heavy atom. The van der Waals surface area contributed by atoms with E-state index in [1.807, 2.05) is 6.20 Å². The fraction of sp³-hybridized carbons (Fsp3) is 0.250. The van der Waals surface area contributed by atoms with Crippen molar-refractivity contribution in [2.45, 2.75) is 16.9 Å². The van der Waals surface area contributed by atoms with Gasteiger partial charge in [0.1, 0.15) is 0 Å². The number of nitrogens with zero attached hydrogens (tertiary/aromatic N) is 2. The van der Waals surface area contributed by atoms with Gasteiger partial charge in [0.05, 0.1) is 6.20 Å². The van der Waals surface area contributed by atoms with Gasteiger partial charge >= 0.3 is 5.51 Å². The molecular formula is C12H12F3N3S. The minimum atomic E-state index is -4.29. The normalized spacial score (nSPS) is 11.6. The van der Waals surface area contributed by atoms with Crippen LogP contribution in [0.5, 0.6) is 0 Å². The molecule has 0 atom stereocenters. The molecule has 2 aromatic rings. The summed E-state index contributed by atoms with van der Waals surface area (Å²) < 4.78 is 38.9. The number of thioether (sulfide) groups is 1. The minimum absolute atomic E-state index is 0.116. The predicted molar refractivity (Wildman–Crippen MR) is 68.9 cm³/mol. The van der Waals surface area contributed by atoms with Crippen LogP contribution in [0.4, 0.5) is 18.9 Å². The number of halogens is 3. The summed E-state index contributed by atoms with van der Waals surface area (Å²) in [6, 6.07) is 6.36. The van der Waals surface area contributed by atoms with Crippen LogP contribution in [0.15, 0.2) is 41.6 Å². The van der Waals surface area contributed by atoms with Gasteiger partial charge in [0.2, 0.25) is 0 Å². The van der Waals surface area contributed by atoms with E-state index in [1.54, 1.807) is 36.1 Å². The van der Waals surface area contributed by atoms with Gasteiger partial charge in [-0.25, -0.2) is 0 Å². The second-order valence-corrected chi connectivity index (χ2v) is 5.03. The van der Waals surface area contributed by atoms with Gasteiger partial charge in [-0.15, -0.1) is 0 Å². The van der Waals surface area contributed by atoms with Crippen molar-refractivity contribution in [1.29, 1.82) is 0 Å². The van der Waals surface area contributed by atoms with Crippen molar-refractivity contribution in [3.8, 4) is 0 Å². The minimum Gasteiger partial charge on any atom is -0.380 e. The highest BCUT2D eigenvalue weighted by Gasteiger charge is 2.30. The molecule has 0 spiro atoms. The van der Waals surface area contributed by atoms with Crippen LogP contribution < -0.4 is 5.32 Å². The van der Waals surface area contributed by atoms with Crippen LogP contribution in [0, 0.1) is 0 Å². The van der Waals surface area contributed by atoms with Crippen molar-refractivity contribution in [3.05, 3.63) is 42.2 Å². The molecule has 0 amide bonds. The van der Waals surface area contributed by atoms with Crippen molar-refractivity contribution in [2.24, 2.45) is 7.05 Å². The SMILES string of the molecule is Cn1cc(CNc2ccccc2SC(F)(F)F)cn1. The van der Waals surface area contributed by atoms with E-state index in [4.69, 9.17) is 0 Å². The Morgan fingerprint density at radius 3 is 2.68 bits per heavy atom. The van der Waals surface area contributed by atoms with Gasteiger partial charge in [-0.05, 0) is 23.9 Å². The molecule has 0 fully saturated rings. The van der Waals surface area contributed by atoms with E-state index in [-0.39, 0.29) is 16.7 Å². The number of para-hydroxylation sites is 1. The first kappa shape index (κ1) is 13.8. The number of rotatable bonds is 4. The summed E-state index contributed by atoms with van der Waals surface area (Å²) in [7, 11) is 1.79. The number of aryl methyl sites for hydroxylation is 1. The first-order chi connectivity index (χ1) is 8.94. The molecule has 1 heterocycles. The average molecular weight is 287 g/mol. The van der Waals surface area contributed by atoms with Crippen molar-refractivity contribution in [1.82, 2.24) is 9.78 Å². The standard InChI is InChI=1S/C12H12F3N3S/c1-18-8-9(7-17-18)6-16-10-4-2-3-5-11(10)19-12(13,14)15/h2-5,7-8,16H,6H2,1H3. The summed E-state index contributed by atoms with van der Waals surface area (Å²) in [6.07, 6.45) is 3.49. The van der Waals surface area contributed by atoms with Gasteiger partial charge in [0.15, 0.2) is 0 Å². The fourth-order valence-corrected chi connectivity index (χ4v) is 2.23. The van der Waals surface area contributed by atoms with Crippen molar-refractivity contribution in [3.63, 3.8) is 0 Å². The van der Waals surface area contributed by atoms with E-state index in [1.165, 1.54) is 6.07 Å². The zero-order valence-corrected chi connectivity index (χ0v) is 10.9. The van der Waals surface area contributed by atoms with Crippen LogP contribution in [-0.2, 0) is 13.6 Å². The molecule has 0 unspecified atom stereocenters. The summed E-state index contributed by atoms with van der Waals surface area (Å²) in [5.41, 5.74) is -2.91. The highest BCUT2D eigenvalue weighted by atomic mass is 32.2. The van der Waals surface area contributed by atoms with E-state index < -0.39 is 5.51 Å². The Balaban J connectivity index is 2.07. The number of hydrogen-bond acceptors (Lipinski definition) is 3. The van der Waals surface area contributed by atoms with Crippen LogP contribution in [0.2, 0.25) is 0 Å². The van der Waals surface area contributed by atoms with Crippen molar-refractivity contribution in [2.75, 3.05) is 5.32 Å². The van der Waals surface area contributed by atoms with E-state index in [0.717, 1.165) is 5.56 Å². The molecule has 0 aliphatic rings. The van der Waals surface area contributed by atoms with E-state index in [9.17, 15) is 13.2 Å². The van der Waals surface area contributed by atoms with Gasteiger partial charge < -0.3 is 5.32 Å². The lowest BCUT2D eigenvalue weighted by Gasteiger charge is -2.12. The van der Waals surface area contributed by atoms with Gasteiger partial charge in [-0.1, -0.05) is 12.1 Å². The number of nitrogens with one attached hydrogen (secondary N) is 1. The maximum Gasteiger partial charge on any atom is 0.446 e. The molecule has 0 bridgehead atoms. The molecule has 1 aromatic carbocycles. The topological polar surface area (TPSA) is 29.9 Å². The third-order valence-electron chi connectivity index (χ3n) is 2.35. The molecule has 0 radical (unpaired) electrons. The highest BCUT2D eigenvalue weighted by Crippen LogP contribution is 2.40. The molecule has 7 heteroatoms. The molecule has 0 saturated heterocycles. The zero-order valence-electron chi connectivity index (χ0n) is 10.1. The molecule has 3 nitrogen and oxygen atoms in total. The number of aromatic nitrogens is 2. The van der Waals surface area contributed by atoms with Crippen molar-refractivity contribution < 1.29 is 13.2 Å². The van der Waals surface area contributed by atoms with Crippen LogP contribution >= 0.6 is 11.8 Å². The van der Waals surface area contributed by atoms with Crippen molar-refractivity contribution >= 4 is 17.4 Å². The monoisotopic (exact) mass is 287 g/mol. The molecule has 0 saturated carbocycles. The van der Waals surface area contributed by atoms with Gasteiger partial charge in [-0.3, -0.25) is 4.68 Å². The first-order valence-electron chi connectivity index (χ1n) is 5.50. The van der Waals surface area contributed by atoms with Crippen LogP contribution in [-0.4, -0.2) is 15.3 Å². The second-order valence-electron chi connectivity index (χ2n) is 3.92. The largest absolute Gasteiger partial charge is 0.446 e. The fourth-order valence-electron chi connectivity index (χ4n) is 1.59. The Morgan fingerprint density at radius 2 is 2.05 bits per heavy atom. The molecule has 0 aliphatic heterocycles. The summed E-state index contributed by atoms with van der Waals surface area (Å²) in [6.45, 7) is 0.434. The van der Waals surface area contributed by atoms with Crippen LogP contribution in [0.3, 0.4) is 0 Å². The number of hydrogen-bond donors (Lipinski definition) is 1. The number of anilines is 1. The van der Waals surface area contributed by atoms with Gasteiger partial charge in [-0.2, -0.15) is 18.3 Å². The highest BCUT2D eigenvalue weighted by molar-refractivity contribution is 8.00. The first-order valence-corrected chi connectivity index (χ1v) is 6.32. The summed E-state index contributed by atoms with van der Waals surface area (Å²) in [5.74, 6) is 0. The van der Waals surface area contributed by atoms with E-state index in [2.05, 4.69) is 10.4 Å². The maximum absolute atomic E-state index is 12.4. The van der Waals surface area contributed by atoms with Crippen LogP contribution in [0.1, 0.15) is 5.56 Å². The average Bonchev–Trinajstić information content (AvgIpc) is 2.72. The Hall–Kier alpha value is -1.63. The molecule has 1 N–H and O–H groups in total. The molecule has 102 valence electrons. The summed E-state index contributed by atoms with van der Waals surface area (Å²) in [4.78, 5) is 0.166. The third-order valence-corrected chi connectivity index (χ3v) is 3.16. The van der Waals surface area contributed by atoms with Gasteiger partial charge in [0, 0.05) is 35.9 Å². The number of benzene rings is 1. The number of alkyl halides is 3. The Bertz CT molecular complexity index is 551. The molecular weight excluding hydrogens is 275 g/mol. The lowest BCUT2D eigenvalue weighted by atomic mass is 10.3. The third kappa shape index (κ3) is 4.20. The van der Waals surface area contributed by atoms with E-state index in [0.29, 0.717) is 12.2 Å². The lowest BCUT2D eigenvalue weighted by molar-refractivity contribution is -0.0327. The maximum atomic E-state index is 12.4.